The molecule has 9 heteroatoms. The minimum Gasteiger partial charge on any atom is -0.445 e. The predicted molar refractivity (Wildman–Crippen MR) is 84.1 cm³/mol. The summed E-state index contributed by atoms with van der Waals surface area (Å²) in [4.78, 5) is 50.1. The zero-order valence-electron chi connectivity index (χ0n) is 13.5. The highest BCUT2D eigenvalue weighted by Crippen LogP contribution is 2.27. The van der Waals surface area contributed by atoms with Crippen LogP contribution in [-0.4, -0.2) is 65.2 Å². The topological polar surface area (TPSA) is 99.2 Å². The van der Waals surface area contributed by atoms with Crippen molar-refractivity contribution in [2.24, 2.45) is 5.92 Å². The van der Waals surface area contributed by atoms with Crippen LogP contribution in [0.3, 0.4) is 0 Å². The quantitative estimate of drug-likeness (QED) is 0.413. The molecule has 2 aliphatic rings. The van der Waals surface area contributed by atoms with Crippen LogP contribution in [0.1, 0.15) is 13.8 Å². The Balaban J connectivity index is 2.16. The molecule has 2 rings (SSSR count). The van der Waals surface area contributed by atoms with Crippen molar-refractivity contribution in [3.63, 3.8) is 0 Å². The summed E-state index contributed by atoms with van der Waals surface area (Å²) in [6.07, 6.45) is 0.720. The molecule has 1 atom stereocenters. The third kappa shape index (κ3) is 3.89. The van der Waals surface area contributed by atoms with Gasteiger partial charge in [-0.1, -0.05) is 12.7 Å². The second-order valence-corrected chi connectivity index (χ2v) is 6.88. The van der Waals surface area contributed by atoms with Crippen LogP contribution >= 0.6 is 11.8 Å². The third-order valence-corrected chi connectivity index (χ3v) is 4.49. The van der Waals surface area contributed by atoms with Crippen LogP contribution in [-0.2, 0) is 28.6 Å². The van der Waals surface area contributed by atoms with Crippen molar-refractivity contribution in [2.75, 3.05) is 24.7 Å². The number of esters is 2. The summed E-state index contributed by atoms with van der Waals surface area (Å²) in [5.74, 6) is -4.84. The van der Waals surface area contributed by atoms with Crippen molar-refractivity contribution < 1.29 is 33.4 Å². The monoisotopic (exact) mass is 357 g/mol. The van der Waals surface area contributed by atoms with E-state index in [1.54, 1.807) is 0 Å². The lowest BCUT2D eigenvalue weighted by Crippen LogP contribution is -2.57. The van der Waals surface area contributed by atoms with Crippen LogP contribution in [0.2, 0.25) is 0 Å². The number of carbonyl (C=O) groups excluding carboxylic acids is 4. The van der Waals surface area contributed by atoms with Crippen LogP contribution in [0.5, 0.6) is 0 Å². The molecule has 2 fully saturated rings. The number of Topliss-reactive ketones (excluding diaryl/α,β-unsaturated/α-hetero) is 1. The normalized spacial score (nSPS) is 23.9. The fourth-order valence-corrected chi connectivity index (χ4v) is 3.48. The Morgan fingerprint density at radius 2 is 2.00 bits per heavy atom. The summed E-state index contributed by atoms with van der Waals surface area (Å²) in [5.41, 5.74) is 0. The van der Waals surface area contributed by atoms with Gasteiger partial charge in [0.15, 0.2) is 5.78 Å². The summed E-state index contributed by atoms with van der Waals surface area (Å²) in [6, 6.07) is -0.952. The molecule has 24 heavy (non-hydrogen) atoms. The molecule has 1 amide bonds. The van der Waals surface area contributed by atoms with E-state index in [0.29, 0.717) is 5.75 Å². The van der Waals surface area contributed by atoms with E-state index >= 15 is 0 Å². The van der Waals surface area contributed by atoms with Gasteiger partial charge >= 0.3 is 18.0 Å². The van der Waals surface area contributed by atoms with Crippen molar-refractivity contribution in [1.29, 1.82) is 0 Å². The fourth-order valence-electron chi connectivity index (χ4n) is 2.42. The van der Waals surface area contributed by atoms with E-state index in [1.807, 2.05) is 0 Å². The molecular weight excluding hydrogens is 338 g/mol. The molecule has 0 bridgehead atoms. The second kappa shape index (κ2) is 7.25. The van der Waals surface area contributed by atoms with E-state index in [-0.39, 0.29) is 18.9 Å². The van der Waals surface area contributed by atoms with Crippen molar-refractivity contribution in [3.8, 4) is 0 Å². The maximum Gasteiger partial charge on any atom is 0.410 e. The minimum atomic E-state index is -1.68. The molecule has 1 unspecified atom stereocenters. The van der Waals surface area contributed by atoms with E-state index < -0.39 is 41.6 Å². The average Bonchev–Trinajstić information content (AvgIpc) is 2.50. The lowest BCUT2D eigenvalue weighted by atomic mass is 9.96. The summed E-state index contributed by atoms with van der Waals surface area (Å²) in [5, 5.41) is 0. The van der Waals surface area contributed by atoms with Gasteiger partial charge in [-0.05, 0) is 0 Å². The second-order valence-electron chi connectivity index (χ2n) is 5.73. The number of rotatable bonds is 4. The molecule has 0 saturated carbocycles. The molecule has 0 radical (unpaired) electrons. The zero-order chi connectivity index (χ0) is 17.9. The highest BCUT2D eigenvalue weighted by Gasteiger charge is 2.50. The van der Waals surface area contributed by atoms with E-state index in [2.05, 4.69) is 6.58 Å². The first kappa shape index (κ1) is 18.3. The molecule has 0 aromatic carbocycles. The number of hydrogen-bond acceptors (Lipinski definition) is 8. The van der Waals surface area contributed by atoms with Gasteiger partial charge < -0.3 is 14.2 Å². The van der Waals surface area contributed by atoms with Gasteiger partial charge in [-0.15, -0.1) is 0 Å². The number of cyclic esters (lactones) is 2. The average molecular weight is 357 g/mol. The van der Waals surface area contributed by atoms with Gasteiger partial charge in [0, 0.05) is 31.9 Å². The molecule has 0 aromatic heterocycles. The Kier molecular flexibility index (Phi) is 5.53. The molecule has 0 N–H and O–H groups in total. The fraction of sp³-hybridized carbons (Fsp3) is 0.600. The Hall–Kier alpha value is -2.03. The molecule has 0 aromatic rings. The van der Waals surface area contributed by atoms with Crippen LogP contribution in [0.25, 0.3) is 0 Å². The largest absolute Gasteiger partial charge is 0.445 e. The first-order valence-corrected chi connectivity index (χ1v) is 8.54. The maximum atomic E-state index is 12.7. The first-order valence-electron chi connectivity index (χ1n) is 7.38. The third-order valence-electron chi connectivity index (χ3n) is 3.46. The van der Waals surface area contributed by atoms with Gasteiger partial charge in [0.25, 0.3) is 5.79 Å². The highest BCUT2D eigenvalue weighted by atomic mass is 32.2. The van der Waals surface area contributed by atoms with Crippen LogP contribution < -0.4 is 0 Å². The van der Waals surface area contributed by atoms with Gasteiger partial charge in [-0.2, -0.15) is 11.8 Å². The molecule has 2 heterocycles. The molecule has 2 saturated heterocycles. The standard InChI is InChI=1S/C15H19NO7S/c1-4-6-21-14(20)16-5-7-24-8-9(16)11(17)10-12(18)22-15(2,3)23-13(10)19/h4,9-10H,1,5-8H2,2-3H3. The smallest absolute Gasteiger partial charge is 0.410 e. The Morgan fingerprint density at radius 1 is 1.38 bits per heavy atom. The van der Waals surface area contributed by atoms with Crippen LogP contribution in [0, 0.1) is 5.92 Å². The lowest BCUT2D eigenvalue weighted by molar-refractivity contribution is -0.238. The molecular formula is C15H19NO7S. The van der Waals surface area contributed by atoms with Crippen molar-refractivity contribution in [3.05, 3.63) is 12.7 Å². The van der Waals surface area contributed by atoms with Crippen molar-refractivity contribution >= 4 is 35.6 Å². The number of amides is 1. The number of hydrogen-bond donors (Lipinski definition) is 0. The minimum absolute atomic E-state index is 0.00505. The SMILES string of the molecule is C=CCOC(=O)N1CCSCC1C(=O)C1C(=O)OC(C)(C)OC1=O. The molecule has 2 aliphatic heterocycles. The number of thioether (sulfide) groups is 1. The van der Waals surface area contributed by atoms with Gasteiger partial charge in [0.1, 0.15) is 12.6 Å². The van der Waals surface area contributed by atoms with E-state index in [9.17, 15) is 19.2 Å². The highest BCUT2D eigenvalue weighted by molar-refractivity contribution is 7.99. The zero-order valence-corrected chi connectivity index (χ0v) is 14.3. The lowest BCUT2D eigenvalue weighted by Gasteiger charge is -2.37. The number of ether oxygens (including phenoxy) is 3. The number of carbonyl (C=O) groups is 4. The first-order chi connectivity index (χ1) is 11.3. The van der Waals surface area contributed by atoms with Gasteiger partial charge in [-0.3, -0.25) is 19.3 Å². The van der Waals surface area contributed by atoms with Crippen molar-refractivity contribution in [2.45, 2.75) is 25.7 Å². The summed E-state index contributed by atoms with van der Waals surface area (Å²) < 4.78 is 14.9. The van der Waals surface area contributed by atoms with Crippen LogP contribution in [0.4, 0.5) is 4.79 Å². The van der Waals surface area contributed by atoms with E-state index in [0.717, 1.165) is 0 Å². The van der Waals surface area contributed by atoms with Gasteiger partial charge in [0.2, 0.25) is 5.92 Å². The summed E-state index contributed by atoms with van der Waals surface area (Å²) in [7, 11) is 0. The molecule has 132 valence electrons. The summed E-state index contributed by atoms with van der Waals surface area (Å²) in [6.45, 7) is 6.54. The van der Waals surface area contributed by atoms with Gasteiger partial charge in [0.05, 0.1) is 0 Å². The van der Waals surface area contributed by atoms with E-state index in [4.69, 9.17) is 14.2 Å². The summed E-state index contributed by atoms with van der Waals surface area (Å²) >= 11 is 1.45. The Bertz CT molecular complexity index is 554. The van der Waals surface area contributed by atoms with Crippen molar-refractivity contribution in [1.82, 2.24) is 4.90 Å². The molecule has 8 nitrogen and oxygen atoms in total. The molecule has 0 spiro atoms. The maximum absolute atomic E-state index is 12.7. The number of nitrogens with zero attached hydrogens (tertiary/aromatic N) is 1. The number of ketones is 1. The predicted octanol–water partition coefficient (Wildman–Crippen LogP) is 0.748. The van der Waals surface area contributed by atoms with E-state index in [1.165, 1.54) is 36.6 Å². The van der Waals surface area contributed by atoms with Gasteiger partial charge in [-0.25, -0.2) is 4.79 Å². The Morgan fingerprint density at radius 3 is 2.58 bits per heavy atom. The van der Waals surface area contributed by atoms with Crippen LogP contribution in [0.15, 0.2) is 12.7 Å². The Labute approximate surface area is 143 Å². The molecule has 0 aliphatic carbocycles.